The van der Waals surface area contributed by atoms with Crippen molar-refractivity contribution in [1.29, 1.82) is 0 Å². The SMILES string of the molecule is COc1c(CN=C=O)cccc1OC1CCN(C)C1. The lowest BCUT2D eigenvalue weighted by molar-refractivity contribution is 0.199. The van der Waals surface area contributed by atoms with Crippen molar-refractivity contribution in [3.8, 4) is 11.5 Å². The van der Waals surface area contributed by atoms with Crippen molar-refractivity contribution in [1.82, 2.24) is 4.90 Å². The minimum atomic E-state index is 0.184. The molecule has 0 radical (unpaired) electrons. The molecule has 19 heavy (non-hydrogen) atoms. The first-order valence-corrected chi connectivity index (χ1v) is 6.29. The van der Waals surface area contributed by atoms with Crippen molar-refractivity contribution < 1.29 is 14.3 Å². The summed E-state index contributed by atoms with van der Waals surface area (Å²) < 4.78 is 11.4. The minimum Gasteiger partial charge on any atom is -0.493 e. The highest BCUT2D eigenvalue weighted by molar-refractivity contribution is 5.47. The van der Waals surface area contributed by atoms with Crippen LogP contribution in [0.2, 0.25) is 0 Å². The Kier molecular flexibility index (Phi) is 4.55. The fourth-order valence-corrected chi connectivity index (χ4v) is 2.30. The Morgan fingerprint density at radius 3 is 3.00 bits per heavy atom. The standard InChI is InChI=1S/C14H18N2O3/c1-16-7-6-12(9-16)19-13-5-3-4-11(8-15-10-17)14(13)18-2/h3-5,12H,6-9H2,1-2H3. The van der Waals surface area contributed by atoms with E-state index in [4.69, 9.17) is 9.47 Å². The molecule has 1 heterocycles. The summed E-state index contributed by atoms with van der Waals surface area (Å²) in [5.74, 6) is 1.36. The number of aliphatic imine (C=N–C) groups is 1. The number of likely N-dealkylation sites (tertiary alicyclic amines) is 1. The zero-order chi connectivity index (χ0) is 13.7. The molecule has 1 aromatic rings. The number of rotatable bonds is 5. The number of benzene rings is 1. The fraction of sp³-hybridized carbons (Fsp3) is 0.500. The van der Waals surface area contributed by atoms with Gasteiger partial charge in [-0.3, -0.25) is 0 Å². The van der Waals surface area contributed by atoms with Crippen LogP contribution in [0.1, 0.15) is 12.0 Å². The van der Waals surface area contributed by atoms with Crippen LogP contribution in [0.3, 0.4) is 0 Å². The van der Waals surface area contributed by atoms with Crippen LogP contribution in [-0.4, -0.2) is 44.3 Å². The normalized spacial score (nSPS) is 18.9. The average molecular weight is 262 g/mol. The lowest BCUT2D eigenvalue weighted by atomic mass is 10.2. The van der Waals surface area contributed by atoms with E-state index in [1.165, 1.54) is 6.08 Å². The van der Waals surface area contributed by atoms with Gasteiger partial charge in [-0.1, -0.05) is 12.1 Å². The van der Waals surface area contributed by atoms with E-state index in [0.29, 0.717) is 11.5 Å². The highest BCUT2D eigenvalue weighted by atomic mass is 16.5. The number of nitrogens with zero attached hydrogens (tertiary/aromatic N) is 2. The molecule has 102 valence electrons. The molecule has 1 aliphatic rings. The first kappa shape index (κ1) is 13.6. The van der Waals surface area contributed by atoms with Gasteiger partial charge in [-0.15, -0.1) is 0 Å². The Labute approximate surface area is 112 Å². The summed E-state index contributed by atoms with van der Waals surface area (Å²) in [6.45, 7) is 2.22. The molecule has 0 aromatic heterocycles. The van der Waals surface area contributed by atoms with Gasteiger partial charge in [0.15, 0.2) is 11.5 Å². The molecule has 0 N–H and O–H groups in total. The summed E-state index contributed by atoms with van der Waals surface area (Å²) in [4.78, 5) is 16.0. The van der Waals surface area contributed by atoms with Crippen molar-refractivity contribution in [3.05, 3.63) is 23.8 Å². The van der Waals surface area contributed by atoms with Crippen molar-refractivity contribution in [2.24, 2.45) is 4.99 Å². The van der Waals surface area contributed by atoms with E-state index in [2.05, 4.69) is 16.9 Å². The summed E-state index contributed by atoms with van der Waals surface area (Å²) >= 11 is 0. The maximum Gasteiger partial charge on any atom is 0.235 e. The van der Waals surface area contributed by atoms with Gasteiger partial charge in [0.2, 0.25) is 6.08 Å². The maximum absolute atomic E-state index is 10.2. The molecule has 0 spiro atoms. The lowest BCUT2D eigenvalue weighted by Gasteiger charge is -2.17. The van der Waals surface area contributed by atoms with E-state index in [0.717, 1.165) is 25.1 Å². The second-order valence-corrected chi connectivity index (χ2v) is 4.65. The lowest BCUT2D eigenvalue weighted by Crippen LogP contribution is -2.21. The van der Waals surface area contributed by atoms with Gasteiger partial charge in [-0.25, -0.2) is 9.79 Å². The number of likely N-dealkylation sites (N-methyl/N-ethyl adjacent to an activating group) is 1. The van der Waals surface area contributed by atoms with Crippen molar-refractivity contribution in [2.45, 2.75) is 19.1 Å². The molecule has 5 heteroatoms. The second kappa shape index (κ2) is 6.36. The zero-order valence-corrected chi connectivity index (χ0v) is 11.3. The highest BCUT2D eigenvalue weighted by Gasteiger charge is 2.22. The van der Waals surface area contributed by atoms with Crippen LogP contribution in [0, 0.1) is 0 Å². The Bertz CT molecular complexity index is 484. The Morgan fingerprint density at radius 2 is 2.37 bits per heavy atom. The van der Waals surface area contributed by atoms with Gasteiger partial charge in [0.05, 0.1) is 13.7 Å². The Morgan fingerprint density at radius 1 is 1.53 bits per heavy atom. The Balaban J connectivity index is 2.17. The Hall–Kier alpha value is -1.84. The van der Waals surface area contributed by atoms with Crippen LogP contribution < -0.4 is 9.47 Å². The largest absolute Gasteiger partial charge is 0.493 e. The molecule has 0 aliphatic carbocycles. The van der Waals surface area contributed by atoms with Gasteiger partial charge in [-0.05, 0) is 19.5 Å². The van der Waals surface area contributed by atoms with E-state index >= 15 is 0 Å². The van der Waals surface area contributed by atoms with Crippen LogP contribution in [0.4, 0.5) is 0 Å². The molecule has 0 saturated carbocycles. The van der Waals surface area contributed by atoms with Crippen molar-refractivity contribution in [3.63, 3.8) is 0 Å². The average Bonchev–Trinajstić information content (AvgIpc) is 2.82. The predicted molar refractivity (Wildman–Crippen MR) is 71.3 cm³/mol. The molecule has 1 atom stereocenters. The zero-order valence-electron chi connectivity index (χ0n) is 11.3. The molecule has 5 nitrogen and oxygen atoms in total. The number of hydrogen-bond donors (Lipinski definition) is 0. The van der Waals surface area contributed by atoms with E-state index in [-0.39, 0.29) is 12.6 Å². The van der Waals surface area contributed by atoms with Crippen molar-refractivity contribution in [2.75, 3.05) is 27.2 Å². The fourth-order valence-electron chi connectivity index (χ4n) is 2.30. The first-order chi connectivity index (χ1) is 9.24. The van der Waals surface area contributed by atoms with Gasteiger partial charge in [0.25, 0.3) is 0 Å². The van der Waals surface area contributed by atoms with Gasteiger partial charge in [-0.2, -0.15) is 0 Å². The number of isocyanates is 1. The smallest absolute Gasteiger partial charge is 0.235 e. The van der Waals surface area contributed by atoms with E-state index in [1.807, 2.05) is 18.2 Å². The maximum atomic E-state index is 10.2. The molecule has 0 amide bonds. The molecule has 2 rings (SSSR count). The summed E-state index contributed by atoms with van der Waals surface area (Å²) in [5, 5.41) is 0. The first-order valence-electron chi connectivity index (χ1n) is 6.29. The molecular weight excluding hydrogens is 244 g/mol. The van der Waals surface area contributed by atoms with Crippen LogP contribution in [0.5, 0.6) is 11.5 Å². The van der Waals surface area contributed by atoms with Gasteiger partial charge in [0, 0.05) is 18.7 Å². The summed E-state index contributed by atoms with van der Waals surface area (Å²) in [5.41, 5.74) is 0.828. The number of hydrogen-bond acceptors (Lipinski definition) is 5. The van der Waals surface area contributed by atoms with E-state index in [9.17, 15) is 4.79 Å². The van der Waals surface area contributed by atoms with E-state index in [1.54, 1.807) is 7.11 Å². The van der Waals surface area contributed by atoms with Crippen LogP contribution in [-0.2, 0) is 11.3 Å². The molecular formula is C14H18N2O3. The highest BCUT2D eigenvalue weighted by Crippen LogP contribution is 2.33. The third kappa shape index (κ3) is 3.34. The monoisotopic (exact) mass is 262 g/mol. The van der Waals surface area contributed by atoms with Gasteiger partial charge >= 0.3 is 0 Å². The molecule has 1 aliphatic heterocycles. The third-order valence-corrected chi connectivity index (χ3v) is 3.22. The molecule has 0 bridgehead atoms. The summed E-state index contributed by atoms with van der Waals surface area (Å²) in [7, 11) is 3.67. The van der Waals surface area contributed by atoms with Crippen molar-refractivity contribution >= 4 is 6.08 Å². The minimum absolute atomic E-state index is 0.184. The summed E-state index contributed by atoms with van der Waals surface area (Å²) in [6, 6.07) is 5.63. The third-order valence-electron chi connectivity index (χ3n) is 3.22. The molecule has 1 saturated heterocycles. The van der Waals surface area contributed by atoms with Crippen LogP contribution in [0.25, 0.3) is 0 Å². The molecule has 1 aromatic carbocycles. The summed E-state index contributed by atoms with van der Waals surface area (Å²) in [6.07, 6.45) is 2.73. The number of methoxy groups -OCH3 is 1. The van der Waals surface area contributed by atoms with Gasteiger partial charge < -0.3 is 14.4 Å². The molecule has 1 unspecified atom stereocenters. The second-order valence-electron chi connectivity index (χ2n) is 4.65. The van der Waals surface area contributed by atoms with Gasteiger partial charge in [0.1, 0.15) is 6.10 Å². The molecule has 1 fully saturated rings. The number of para-hydroxylation sites is 1. The number of ether oxygens (including phenoxy) is 2. The quantitative estimate of drug-likeness (QED) is 0.597. The van der Waals surface area contributed by atoms with E-state index < -0.39 is 0 Å². The van der Waals surface area contributed by atoms with Crippen LogP contribution >= 0.6 is 0 Å². The topological polar surface area (TPSA) is 51.1 Å². The predicted octanol–water partition coefficient (Wildman–Crippen LogP) is 1.61. The van der Waals surface area contributed by atoms with Crippen LogP contribution in [0.15, 0.2) is 23.2 Å². The number of carbonyl (C=O) groups excluding carboxylic acids is 1.